The maximum absolute atomic E-state index is 12.5. The van der Waals surface area contributed by atoms with E-state index in [-0.39, 0.29) is 21.3 Å². The summed E-state index contributed by atoms with van der Waals surface area (Å²) in [5, 5.41) is 2.92. The first-order chi connectivity index (χ1) is 11.3. The predicted molar refractivity (Wildman–Crippen MR) is 92.8 cm³/mol. The van der Waals surface area contributed by atoms with E-state index in [0.29, 0.717) is 11.1 Å². The van der Waals surface area contributed by atoms with Crippen LogP contribution in [0.25, 0.3) is 0 Å². The summed E-state index contributed by atoms with van der Waals surface area (Å²) >= 11 is 0.972. The van der Waals surface area contributed by atoms with E-state index in [1.54, 1.807) is 13.0 Å². The Labute approximate surface area is 143 Å². The monoisotopic (exact) mass is 346 g/mol. The quantitative estimate of drug-likeness (QED) is 0.832. The van der Waals surface area contributed by atoms with Crippen molar-refractivity contribution in [2.24, 2.45) is 5.73 Å². The molecule has 0 fully saturated rings. The van der Waals surface area contributed by atoms with Crippen molar-refractivity contribution >= 4 is 34.1 Å². The predicted octanol–water partition coefficient (Wildman–Crippen LogP) is 2.81. The molecule has 0 bridgehead atoms. The number of ether oxygens (including phenoxy) is 1. The number of carbonyl (C=O) groups excluding carboxylic acids is 3. The number of nitrogens with two attached hydrogens (primary N) is 1. The second-order valence-electron chi connectivity index (χ2n) is 5.39. The molecule has 1 heterocycles. The zero-order valence-electron chi connectivity index (χ0n) is 13.9. The van der Waals surface area contributed by atoms with Crippen LogP contribution in [0.2, 0.25) is 0 Å². The van der Waals surface area contributed by atoms with Gasteiger partial charge in [0.15, 0.2) is 0 Å². The summed E-state index contributed by atoms with van der Waals surface area (Å²) in [5.41, 5.74) is 8.27. The first-order valence-electron chi connectivity index (χ1n) is 7.16. The second-order valence-corrected chi connectivity index (χ2v) is 6.41. The third-order valence-electron chi connectivity index (χ3n) is 3.62. The average molecular weight is 346 g/mol. The molecule has 3 N–H and O–H groups in total. The first-order valence-corrected chi connectivity index (χ1v) is 7.98. The summed E-state index contributed by atoms with van der Waals surface area (Å²) in [7, 11) is 1.25. The number of nitrogens with one attached hydrogen (secondary N) is 1. The number of amides is 2. The number of methoxy groups -OCH3 is 1. The fraction of sp³-hybridized carbons (Fsp3) is 0.235. The molecule has 1 aromatic carbocycles. The number of thiophene rings is 1. The van der Waals surface area contributed by atoms with Crippen molar-refractivity contribution < 1.29 is 19.1 Å². The number of aryl methyl sites for hydroxylation is 2. The molecule has 126 valence electrons. The third kappa shape index (κ3) is 3.30. The molecule has 2 rings (SSSR count). The molecule has 0 saturated carbocycles. The Balaban J connectivity index is 2.43. The molecule has 0 atom stereocenters. The highest BCUT2D eigenvalue weighted by Gasteiger charge is 2.25. The lowest BCUT2D eigenvalue weighted by molar-refractivity contribution is 0.0605. The van der Waals surface area contributed by atoms with Crippen molar-refractivity contribution in [3.8, 4) is 0 Å². The van der Waals surface area contributed by atoms with Gasteiger partial charge in [0.1, 0.15) is 9.88 Å². The number of esters is 1. The standard InChI is InChI=1S/C17H18N2O4S/c1-8-5-6-11(9(2)7-8)15(21)19-16-12(14(18)20)10(3)13(24-16)17(22)23-4/h5-7H,1-4H3,(H2,18,20)(H,19,21). The van der Waals surface area contributed by atoms with Gasteiger partial charge in [0.05, 0.1) is 12.7 Å². The van der Waals surface area contributed by atoms with E-state index >= 15 is 0 Å². The molecule has 0 unspecified atom stereocenters. The van der Waals surface area contributed by atoms with Crippen molar-refractivity contribution in [2.75, 3.05) is 12.4 Å². The SMILES string of the molecule is COC(=O)c1sc(NC(=O)c2ccc(C)cc2C)c(C(N)=O)c1C. The maximum atomic E-state index is 12.5. The normalized spacial score (nSPS) is 10.3. The molecule has 0 aliphatic rings. The Morgan fingerprint density at radius 3 is 2.38 bits per heavy atom. The summed E-state index contributed by atoms with van der Waals surface area (Å²) in [4.78, 5) is 36.3. The summed E-state index contributed by atoms with van der Waals surface area (Å²) in [6.45, 7) is 5.36. The molecule has 0 saturated heterocycles. The smallest absolute Gasteiger partial charge is 0.348 e. The van der Waals surface area contributed by atoms with Crippen molar-refractivity contribution in [2.45, 2.75) is 20.8 Å². The Hall–Kier alpha value is -2.67. The fourth-order valence-electron chi connectivity index (χ4n) is 2.42. The van der Waals surface area contributed by atoms with Crippen LogP contribution in [0.15, 0.2) is 18.2 Å². The van der Waals surface area contributed by atoms with Crippen molar-refractivity contribution in [1.29, 1.82) is 0 Å². The summed E-state index contributed by atoms with van der Waals surface area (Å²) in [6.07, 6.45) is 0. The molecule has 2 amide bonds. The van der Waals surface area contributed by atoms with Crippen LogP contribution < -0.4 is 11.1 Å². The number of anilines is 1. The number of rotatable bonds is 4. The topological polar surface area (TPSA) is 98.5 Å². The van der Waals surface area contributed by atoms with Gasteiger partial charge >= 0.3 is 5.97 Å². The van der Waals surface area contributed by atoms with Gasteiger partial charge in [0.25, 0.3) is 11.8 Å². The van der Waals surface area contributed by atoms with E-state index in [1.807, 2.05) is 26.0 Å². The molecule has 0 aliphatic heterocycles. The largest absolute Gasteiger partial charge is 0.465 e. The molecule has 0 aliphatic carbocycles. The van der Waals surface area contributed by atoms with E-state index < -0.39 is 11.9 Å². The highest BCUT2D eigenvalue weighted by molar-refractivity contribution is 7.18. The van der Waals surface area contributed by atoms with Crippen molar-refractivity contribution in [3.63, 3.8) is 0 Å². The highest BCUT2D eigenvalue weighted by atomic mass is 32.1. The van der Waals surface area contributed by atoms with Crippen LogP contribution in [0.5, 0.6) is 0 Å². The molecule has 2 aromatic rings. The van der Waals surface area contributed by atoms with Gasteiger partial charge in [-0.1, -0.05) is 17.7 Å². The van der Waals surface area contributed by atoms with Gasteiger partial charge in [-0.25, -0.2) is 4.79 Å². The number of hydrogen-bond acceptors (Lipinski definition) is 5. The molecule has 1 aromatic heterocycles. The van der Waals surface area contributed by atoms with Gasteiger partial charge < -0.3 is 15.8 Å². The molecule has 6 nitrogen and oxygen atoms in total. The third-order valence-corrected chi connectivity index (χ3v) is 4.80. The zero-order chi connectivity index (χ0) is 18.0. The first kappa shape index (κ1) is 17.7. The zero-order valence-corrected chi connectivity index (χ0v) is 14.7. The average Bonchev–Trinajstić information content (AvgIpc) is 2.82. The summed E-state index contributed by atoms with van der Waals surface area (Å²) in [6, 6.07) is 5.44. The molecular formula is C17H18N2O4S. The lowest BCUT2D eigenvalue weighted by Crippen LogP contribution is -2.18. The number of primary amides is 1. The van der Waals surface area contributed by atoms with Crippen molar-refractivity contribution in [3.05, 3.63) is 50.9 Å². The van der Waals surface area contributed by atoms with Gasteiger partial charge in [-0.3, -0.25) is 9.59 Å². The minimum absolute atomic E-state index is 0.124. The molecule has 24 heavy (non-hydrogen) atoms. The van der Waals surface area contributed by atoms with Crippen LogP contribution in [0, 0.1) is 20.8 Å². The van der Waals surface area contributed by atoms with Gasteiger partial charge in [0, 0.05) is 5.56 Å². The Morgan fingerprint density at radius 2 is 1.83 bits per heavy atom. The maximum Gasteiger partial charge on any atom is 0.348 e. The minimum atomic E-state index is -0.713. The Bertz CT molecular complexity index is 839. The second kappa shape index (κ2) is 6.84. The fourth-order valence-corrected chi connectivity index (χ4v) is 3.55. The Morgan fingerprint density at radius 1 is 1.17 bits per heavy atom. The summed E-state index contributed by atoms with van der Waals surface area (Å²) in [5.74, 6) is -1.66. The number of carbonyl (C=O) groups is 3. The molecule has 7 heteroatoms. The number of hydrogen-bond donors (Lipinski definition) is 2. The van der Waals surface area contributed by atoms with Gasteiger partial charge in [-0.2, -0.15) is 0 Å². The summed E-state index contributed by atoms with van der Waals surface area (Å²) < 4.78 is 4.69. The van der Waals surface area contributed by atoms with Crippen LogP contribution in [0.1, 0.15) is 47.1 Å². The molecule has 0 radical (unpaired) electrons. The van der Waals surface area contributed by atoms with Gasteiger partial charge in [-0.15, -0.1) is 11.3 Å². The highest BCUT2D eigenvalue weighted by Crippen LogP contribution is 2.33. The Kier molecular flexibility index (Phi) is 5.04. The van der Waals surface area contributed by atoms with Crippen LogP contribution in [0.3, 0.4) is 0 Å². The van der Waals surface area contributed by atoms with Gasteiger partial charge in [-0.05, 0) is 38.0 Å². The van der Waals surface area contributed by atoms with Crippen molar-refractivity contribution in [1.82, 2.24) is 0 Å². The minimum Gasteiger partial charge on any atom is -0.465 e. The molecule has 0 spiro atoms. The number of benzene rings is 1. The van der Waals surface area contributed by atoms with Crippen LogP contribution >= 0.6 is 11.3 Å². The van der Waals surface area contributed by atoms with Crippen LogP contribution in [-0.4, -0.2) is 24.9 Å². The lowest BCUT2D eigenvalue weighted by Gasteiger charge is -2.08. The van der Waals surface area contributed by atoms with E-state index in [9.17, 15) is 14.4 Å². The van der Waals surface area contributed by atoms with E-state index in [0.717, 1.165) is 22.5 Å². The molecular weight excluding hydrogens is 328 g/mol. The van der Waals surface area contributed by atoms with Crippen LogP contribution in [-0.2, 0) is 4.74 Å². The van der Waals surface area contributed by atoms with E-state index in [2.05, 4.69) is 5.32 Å². The van der Waals surface area contributed by atoms with Crippen LogP contribution in [0.4, 0.5) is 5.00 Å². The lowest BCUT2D eigenvalue weighted by atomic mass is 10.1. The van der Waals surface area contributed by atoms with Gasteiger partial charge in [0.2, 0.25) is 0 Å². The van der Waals surface area contributed by atoms with E-state index in [1.165, 1.54) is 7.11 Å². The van der Waals surface area contributed by atoms with E-state index in [4.69, 9.17) is 10.5 Å².